The first kappa shape index (κ1) is 16.2. The quantitative estimate of drug-likeness (QED) is 0.733. The lowest BCUT2D eigenvalue weighted by Gasteiger charge is -2.35. The summed E-state index contributed by atoms with van der Waals surface area (Å²) in [7, 11) is 0. The van der Waals surface area contributed by atoms with Gasteiger partial charge in [-0.15, -0.1) is 0 Å². The molecule has 1 saturated heterocycles. The van der Waals surface area contributed by atoms with Gasteiger partial charge < -0.3 is 15.3 Å². The predicted octanol–water partition coefficient (Wildman–Crippen LogP) is 1.27. The van der Waals surface area contributed by atoms with Crippen LogP contribution in [0.5, 0.6) is 0 Å². The van der Waals surface area contributed by atoms with Gasteiger partial charge in [0.25, 0.3) is 0 Å². The Kier molecular flexibility index (Phi) is 7.82. The molecule has 1 rings (SSSR count). The zero-order valence-corrected chi connectivity index (χ0v) is 12.4. The molecule has 2 N–H and O–H groups in total. The van der Waals surface area contributed by atoms with E-state index in [1.807, 2.05) is 6.92 Å². The van der Waals surface area contributed by atoms with E-state index in [-0.39, 0.29) is 12.6 Å². The molecule has 0 aliphatic carbocycles. The molecule has 2 amide bonds. The number of rotatable bonds is 7. The van der Waals surface area contributed by atoms with Crippen molar-refractivity contribution in [2.24, 2.45) is 0 Å². The van der Waals surface area contributed by atoms with Gasteiger partial charge in [-0.3, -0.25) is 4.90 Å². The number of nitrogens with one attached hydrogen (secondary N) is 1. The summed E-state index contributed by atoms with van der Waals surface area (Å²) < 4.78 is 0. The molecule has 0 spiro atoms. The number of nitrogens with zero attached hydrogens (tertiary/aromatic N) is 2. The Balaban J connectivity index is 2.26. The first-order chi connectivity index (χ1) is 9.22. The third-order valence-electron chi connectivity index (χ3n) is 3.93. The number of carbonyl (C=O) groups excluding carboxylic acids is 1. The van der Waals surface area contributed by atoms with Gasteiger partial charge in [0.1, 0.15) is 0 Å². The van der Waals surface area contributed by atoms with Crippen LogP contribution < -0.4 is 5.32 Å². The fraction of sp³-hybridized carbons (Fsp3) is 0.929. The average Bonchev–Trinajstić information content (AvgIpc) is 2.45. The minimum atomic E-state index is -0.0680. The van der Waals surface area contributed by atoms with E-state index in [1.54, 1.807) is 4.90 Å². The number of likely N-dealkylation sites (N-methyl/N-ethyl adjacent to an activating group) is 1. The first-order valence-electron chi connectivity index (χ1n) is 7.60. The molecule has 1 fully saturated rings. The van der Waals surface area contributed by atoms with Crippen molar-refractivity contribution < 1.29 is 9.90 Å². The molecule has 112 valence electrons. The second-order valence-corrected chi connectivity index (χ2v) is 5.13. The molecule has 0 aromatic carbocycles. The minimum absolute atomic E-state index is 0.0191. The molecule has 5 nitrogen and oxygen atoms in total. The smallest absolute Gasteiger partial charge is 0.317 e. The highest BCUT2D eigenvalue weighted by Crippen LogP contribution is 2.18. The SMILES string of the molecule is CCC1CCCCN1CCNC(=O)N(CC)CCO. The van der Waals surface area contributed by atoms with Crippen LogP contribution in [-0.2, 0) is 0 Å². The zero-order valence-electron chi connectivity index (χ0n) is 12.4. The minimum Gasteiger partial charge on any atom is -0.395 e. The van der Waals surface area contributed by atoms with Crippen LogP contribution in [-0.4, -0.2) is 66.3 Å². The van der Waals surface area contributed by atoms with Crippen LogP contribution in [0.2, 0.25) is 0 Å². The summed E-state index contributed by atoms with van der Waals surface area (Å²) in [4.78, 5) is 16.0. The first-order valence-corrected chi connectivity index (χ1v) is 7.60. The van der Waals surface area contributed by atoms with Crippen LogP contribution in [0.1, 0.15) is 39.5 Å². The average molecular weight is 271 g/mol. The van der Waals surface area contributed by atoms with Crippen molar-refractivity contribution in [2.75, 3.05) is 39.3 Å². The Hall–Kier alpha value is -0.810. The Morgan fingerprint density at radius 3 is 2.84 bits per heavy atom. The van der Waals surface area contributed by atoms with Gasteiger partial charge in [0, 0.05) is 32.2 Å². The number of aliphatic hydroxyl groups excluding tert-OH is 1. The molecule has 0 aromatic rings. The van der Waals surface area contributed by atoms with Crippen LogP contribution >= 0.6 is 0 Å². The monoisotopic (exact) mass is 271 g/mol. The van der Waals surface area contributed by atoms with E-state index in [0.29, 0.717) is 25.7 Å². The fourth-order valence-electron chi connectivity index (χ4n) is 2.76. The molecule has 5 heteroatoms. The van der Waals surface area contributed by atoms with Crippen molar-refractivity contribution >= 4 is 6.03 Å². The van der Waals surface area contributed by atoms with Gasteiger partial charge in [-0.2, -0.15) is 0 Å². The van der Waals surface area contributed by atoms with E-state index in [2.05, 4.69) is 17.1 Å². The highest BCUT2D eigenvalue weighted by atomic mass is 16.3. The summed E-state index contributed by atoms with van der Waals surface area (Å²) in [6.07, 6.45) is 5.09. The van der Waals surface area contributed by atoms with E-state index < -0.39 is 0 Å². The number of likely N-dealkylation sites (tertiary alicyclic amines) is 1. The van der Waals surface area contributed by atoms with Gasteiger partial charge in [0.2, 0.25) is 0 Å². The molecule has 1 heterocycles. The molecule has 19 heavy (non-hydrogen) atoms. The summed E-state index contributed by atoms with van der Waals surface area (Å²) in [5, 5.41) is 11.8. The number of amides is 2. The molecule has 0 aromatic heterocycles. The fourth-order valence-corrected chi connectivity index (χ4v) is 2.76. The third kappa shape index (κ3) is 5.37. The second kappa shape index (κ2) is 9.15. The van der Waals surface area contributed by atoms with Crippen LogP contribution in [0.25, 0.3) is 0 Å². The maximum Gasteiger partial charge on any atom is 0.317 e. The summed E-state index contributed by atoms with van der Waals surface area (Å²) in [5.41, 5.74) is 0. The highest BCUT2D eigenvalue weighted by molar-refractivity contribution is 5.74. The number of aliphatic hydroxyl groups is 1. The van der Waals surface area contributed by atoms with E-state index in [9.17, 15) is 4.79 Å². The van der Waals surface area contributed by atoms with E-state index in [0.717, 1.165) is 13.1 Å². The van der Waals surface area contributed by atoms with Gasteiger partial charge in [-0.1, -0.05) is 13.3 Å². The van der Waals surface area contributed by atoms with Crippen LogP contribution in [0, 0.1) is 0 Å². The lowest BCUT2D eigenvalue weighted by Crippen LogP contribution is -2.47. The summed E-state index contributed by atoms with van der Waals surface area (Å²) in [5.74, 6) is 0. The predicted molar refractivity (Wildman–Crippen MR) is 77.2 cm³/mol. The molecular weight excluding hydrogens is 242 g/mol. The summed E-state index contributed by atoms with van der Waals surface area (Å²) in [6, 6.07) is 0.618. The Labute approximate surface area is 117 Å². The Morgan fingerprint density at radius 1 is 1.42 bits per heavy atom. The maximum atomic E-state index is 11.8. The van der Waals surface area contributed by atoms with Crippen molar-refractivity contribution in [3.8, 4) is 0 Å². The van der Waals surface area contributed by atoms with Gasteiger partial charge in [-0.25, -0.2) is 4.79 Å². The topological polar surface area (TPSA) is 55.8 Å². The van der Waals surface area contributed by atoms with Crippen molar-refractivity contribution in [3.05, 3.63) is 0 Å². The van der Waals surface area contributed by atoms with Crippen LogP contribution in [0.15, 0.2) is 0 Å². The van der Waals surface area contributed by atoms with Crippen LogP contribution in [0.4, 0.5) is 4.79 Å². The number of urea groups is 1. The van der Waals surface area contributed by atoms with Gasteiger partial charge in [-0.05, 0) is 32.7 Å². The number of carbonyl (C=O) groups is 1. The summed E-state index contributed by atoms with van der Waals surface area (Å²) >= 11 is 0. The third-order valence-corrected chi connectivity index (χ3v) is 3.93. The largest absolute Gasteiger partial charge is 0.395 e. The van der Waals surface area contributed by atoms with Crippen molar-refractivity contribution in [3.63, 3.8) is 0 Å². The Morgan fingerprint density at radius 2 is 2.21 bits per heavy atom. The van der Waals surface area contributed by atoms with Crippen LogP contribution in [0.3, 0.4) is 0 Å². The van der Waals surface area contributed by atoms with Gasteiger partial charge in [0.15, 0.2) is 0 Å². The van der Waals surface area contributed by atoms with Gasteiger partial charge >= 0.3 is 6.03 Å². The Bertz CT molecular complexity index is 261. The lowest BCUT2D eigenvalue weighted by molar-refractivity contribution is 0.142. The molecule has 0 bridgehead atoms. The molecule has 0 radical (unpaired) electrons. The van der Waals surface area contributed by atoms with Gasteiger partial charge in [0.05, 0.1) is 6.61 Å². The lowest BCUT2D eigenvalue weighted by atomic mass is 10.0. The van der Waals surface area contributed by atoms with Crippen molar-refractivity contribution in [2.45, 2.75) is 45.6 Å². The van der Waals surface area contributed by atoms with Crippen molar-refractivity contribution in [1.29, 1.82) is 0 Å². The molecule has 0 saturated carbocycles. The number of hydrogen-bond donors (Lipinski definition) is 2. The molecule has 1 unspecified atom stereocenters. The van der Waals surface area contributed by atoms with Crippen molar-refractivity contribution in [1.82, 2.24) is 15.1 Å². The highest BCUT2D eigenvalue weighted by Gasteiger charge is 2.20. The normalized spacial score (nSPS) is 20.3. The standard InChI is InChI=1S/C14H29N3O2/c1-3-13-7-5-6-9-17(13)10-8-15-14(19)16(4-2)11-12-18/h13,18H,3-12H2,1-2H3,(H,15,19). The molecular formula is C14H29N3O2. The molecule has 1 aliphatic rings. The van der Waals surface area contributed by atoms with E-state index in [4.69, 9.17) is 5.11 Å². The second-order valence-electron chi connectivity index (χ2n) is 5.13. The molecule has 1 aliphatic heterocycles. The number of hydrogen-bond acceptors (Lipinski definition) is 3. The summed E-state index contributed by atoms with van der Waals surface area (Å²) in [6.45, 7) is 8.00. The zero-order chi connectivity index (χ0) is 14.1. The van der Waals surface area contributed by atoms with E-state index in [1.165, 1.54) is 25.7 Å². The van der Waals surface area contributed by atoms with E-state index >= 15 is 0 Å². The number of piperidine rings is 1. The molecule has 1 atom stereocenters. The maximum absolute atomic E-state index is 11.8.